The first-order valence-corrected chi connectivity index (χ1v) is 11.8. The zero-order valence-electron chi connectivity index (χ0n) is 17.5. The van der Waals surface area contributed by atoms with Crippen molar-refractivity contribution in [1.82, 2.24) is 15.2 Å². The number of pyridine rings is 1. The minimum atomic E-state index is 0.0710. The first kappa shape index (κ1) is 21.6. The Bertz CT molecular complexity index is 806. The van der Waals surface area contributed by atoms with E-state index in [4.69, 9.17) is 4.99 Å². The Hall–Kier alpha value is -2.08. The third kappa shape index (κ3) is 6.20. The van der Waals surface area contributed by atoms with Gasteiger partial charge in [-0.3, -0.25) is 9.79 Å². The van der Waals surface area contributed by atoms with E-state index < -0.39 is 0 Å². The fourth-order valence-corrected chi connectivity index (χ4v) is 5.10. The number of hydrogen-bond donors (Lipinski definition) is 2. The van der Waals surface area contributed by atoms with Gasteiger partial charge in [0.25, 0.3) is 0 Å². The first-order valence-electron chi connectivity index (χ1n) is 11.0. The minimum absolute atomic E-state index is 0.0710. The van der Waals surface area contributed by atoms with E-state index in [9.17, 15) is 4.79 Å². The number of hydrogen-bond acceptors (Lipinski definition) is 3. The van der Waals surface area contributed by atoms with Gasteiger partial charge in [-0.2, -0.15) is 0 Å². The molecule has 1 fully saturated rings. The largest absolute Gasteiger partial charge is 0.357 e. The SMILES string of the molecule is CCNC(=NCC1(c2cccs2)CCCCC1)NCCCCn1ccccc1=O. The van der Waals surface area contributed by atoms with E-state index in [2.05, 4.69) is 35.1 Å². The van der Waals surface area contributed by atoms with E-state index in [-0.39, 0.29) is 11.0 Å². The van der Waals surface area contributed by atoms with Crippen LogP contribution in [0, 0.1) is 0 Å². The van der Waals surface area contributed by atoms with Gasteiger partial charge in [0.2, 0.25) is 5.56 Å². The lowest BCUT2D eigenvalue weighted by Gasteiger charge is -2.35. The van der Waals surface area contributed by atoms with E-state index >= 15 is 0 Å². The van der Waals surface area contributed by atoms with E-state index in [0.717, 1.165) is 45.0 Å². The Morgan fingerprint density at radius 2 is 2.00 bits per heavy atom. The Morgan fingerprint density at radius 3 is 2.72 bits per heavy atom. The highest BCUT2D eigenvalue weighted by atomic mass is 32.1. The van der Waals surface area contributed by atoms with E-state index in [1.807, 2.05) is 23.6 Å². The number of aliphatic imine (C=N–C) groups is 1. The molecule has 2 heterocycles. The molecular weight excluding hydrogens is 380 g/mol. The van der Waals surface area contributed by atoms with Crippen LogP contribution in [0.3, 0.4) is 0 Å². The van der Waals surface area contributed by atoms with E-state index in [1.165, 1.54) is 37.0 Å². The van der Waals surface area contributed by atoms with Gasteiger partial charge < -0.3 is 15.2 Å². The summed E-state index contributed by atoms with van der Waals surface area (Å²) < 4.78 is 1.77. The van der Waals surface area contributed by atoms with Crippen molar-refractivity contribution in [2.24, 2.45) is 4.99 Å². The molecule has 6 heteroatoms. The molecule has 3 rings (SSSR count). The highest BCUT2D eigenvalue weighted by Gasteiger charge is 2.34. The third-order valence-electron chi connectivity index (χ3n) is 5.76. The highest BCUT2D eigenvalue weighted by Crippen LogP contribution is 2.41. The van der Waals surface area contributed by atoms with Gasteiger partial charge in [-0.05, 0) is 50.1 Å². The third-order valence-corrected chi connectivity index (χ3v) is 6.87. The molecule has 2 aromatic heterocycles. The molecule has 0 amide bonds. The number of aromatic nitrogens is 1. The molecule has 158 valence electrons. The predicted molar refractivity (Wildman–Crippen MR) is 123 cm³/mol. The van der Waals surface area contributed by atoms with Crippen molar-refractivity contribution in [2.45, 2.75) is 63.8 Å². The van der Waals surface area contributed by atoms with Crippen LogP contribution in [0.1, 0.15) is 56.7 Å². The molecule has 2 N–H and O–H groups in total. The van der Waals surface area contributed by atoms with Crippen molar-refractivity contribution in [2.75, 3.05) is 19.6 Å². The molecule has 0 unspecified atom stereocenters. The molecule has 5 nitrogen and oxygen atoms in total. The summed E-state index contributed by atoms with van der Waals surface area (Å²) >= 11 is 1.88. The topological polar surface area (TPSA) is 58.4 Å². The van der Waals surface area contributed by atoms with Crippen LogP contribution in [-0.2, 0) is 12.0 Å². The number of thiophene rings is 1. The van der Waals surface area contributed by atoms with Crippen LogP contribution >= 0.6 is 11.3 Å². The molecule has 0 aliphatic heterocycles. The summed E-state index contributed by atoms with van der Waals surface area (Å²) in [5, 5.41) is 9.06. The Kier molecular flexibility index (Phi) is 8.35. The van der Waals surface area contributed by atoms with Crippen LogP contribution < -0.4 is 16.2 Å². The number of unbranched alkanes of at least 4 members (excludes halogenated alkanes) is 1. The maximum absolute atomic E-state index is 11.8. The molecule has 1 aliphatic carbocycles. The number of nitrogens with one attached hydrogen (secondary N) is 2. The van der Waals surface area contributed by atoms with Crippen LogP contribution in [0.25, 0.3) is 0 Å². The highest BCUT2D eigenvalue weighted by molar-refractivity contribution is 7.10. The second-order valence-corrected chi connectivity index (χ2v) is 8.83. The molecule has 0 spiro atoms. The zero-order chi connectivity index (χ0) is 20.4. The second-order valence-electron chi connectivity index (χ2n) is 7.88. The smallest absolute Gasteiger partial charge is 0.250 e. The van der Waals surface area contributed by atoms with Gasteiger partial charge in [0, 0.05) is 42.2 Å². The van der Waals surface area contributed by atoms with Gasteiger partial charge >= 0.3 is 0 Å². The molecular formula is C23H34N4OS. The molecule has 2 aromatic rings. The van der Waals surface area contributed by atoms with Crippen molar-refractivity contribution < 1.29 is 0 Å². The monoisotopic (exact) mass is 414 g/mol. The number of aryl methyl sites for hydroxylation is 1. The summed E-state index contributed by atoms with van der Waals surface area (Å²) in [7, 11) is 0. The van der Waals surface area contributed by atoms with Crippen LogP contribution in [0.4, 0.5) is 0 Å². The first-order chi connectivity index (χ1) is 14.2. The van der Waals surface area contributed by atoms with Gasteiger partial charge in [0.1, 0.15) is 0 Å². The Morgan fingerprint density at radius 1 is 1.14 bits per heavy atom. The van der Waals surface area contributed by atoms with Crippen LogP contribution in [0.2, 0.25) is 0 Å². The Labute approximate surface area is 178 Å². The molecule has 0 bridgehead atoms. The van der Waals surface area contributed by atoms with Crippen LogP contribution in [-0.4, -0.2) is 30.2 Å². The maximum Gasteiger partial charge on any atom is 0.250 e. The summed E-state index contributed by atoms with van der Waals surface area (Å²) in [6, 6.07) is 9.76. The van der Waals surface area contributed by atoms with Crippen molar-refractivity contribution >= 4 is 17.3 Å². The van der Waals surface area contributed by atoms with Gasteiger partial charge in [-0.25, -0.2) is 0 Å². The van der Waals surface area contributed by atoms with E-state index in [0.29, 0.717) is 0 Å². The average molecular weight is 415 g/mol. The molecule has 29 heavy (non-hydrogen) atoms. The summed E-state index contributed by atoms with van der Waals surface area (Å²) in [6.45, 7) is 5.43. The zero-order valence-corrected chi connectivity index (χ0v) is 18.3. The van der Waals surface area contributed by atoms with E-state index in [1.54, 1.807) is 16.7 Å². The molecule has 0 saturated heterocycles. The fourth-order valence-electron chi connectivity index (χ4n) is 4.12. The van der Waals surface area contributed by atoms with Crippen molar-refractivity contribution in [3.63, 3.8) is 0 Å². The quantitative estimate of drug-likeness (QED) is 0.368. The predicted octanol–water partition coefficient (Wildman–Crippen LogP) is 4.15. The average Bonchev–Trinajstić information content (AvgIpc) is 3.29. The minimum Gasteiger partial charge on any atom is -0.357 e. The van der Waals surface area contributed by atoms with Crippen molar-refractivity contribution in [3.05, 3.63) is 57.1 Å². The van der Waals surface area contributed by atoms with Gasteiger partial charge in [0.05, 0.1) is 6.54 Å². The molecule has 1 aliphatic rings. The van der Waals surface area contributed by atoms with Crippen LogP contribution in [0.5, 0.6) is 0 Å². The number of guanidine groups is 1. The lowest BCUT2D eigenvalue weighted by Crippen LogP contribution is -2.40. The van der Waals surface area contributed by atoms with Gasteiger partial charge in [-0.1, -0.05) is 31.4 Å². The van der Waals surface area contributed by atoms with Crippen molar-refractivity contribution in [3.8, 4) is 0 Å². The molecule has 0 aromatic carbocycles. The van der Waals surface area contributed by atoms with Gasteiger partial charge in [0.15, 0.2) is 5.96 Å². The lowest BCUT2D eigenvalue weighted by molar-refractivity contribution is 0.306. The number of rotatable bonds is 9. The lowest BCUT2D eigenvalue weighted by atomic mass is 9.73. The molecule has 0 radical (unpaired) electrons. The normalized spacial score (nSPS) is 16.5. The molecule has 0 atom stereocenters. The second kappa shape index (κ2) is 11.2. The van der Waals surface area contributed by atoms with Crippen LogP contribution in [0.15, 0.2) is 51.7 Å². The summed E-state index contributed by atoms with van der Waals surface area (Å²) in [5.74, 6) is 0.908. The number of nitrogens with zero attached hydrogens (tertiary/aromatic N) is 2. The maximum atomic E-state index is 11.8. The fraction of sp³-hybridized carbons (Fsp3) is 0.565. The summed E-state index contributed by atoms with van der Waals surface area (Å²) in [6.07, 6.45) is 10.3. The van der Waals surface area contributed by atoms with Crippen molar-refractivity contribution in [1.29, 1.82) is 0 Å². The molecule has 1 saturated carbocycles. The Balaban J connectivity index is 1.52. The van der Waals surface area contributed by atoms with Gasteiger partial charge in [-0.15, -0.1) is 11.3 Å². The summed E-state index contributed by atoms with van der Waals surface area (Å²) in [5.41, 5.74) is 0.283. The summed E-state index contributed by atoms with van der Waals surface area (Å²) in [4.78, 5) is 18.2. The standard InChI is InChI=1S/C23H34N4OS/c1-2-24-22(25-15-7-9-17-27-16-8-4-12-21(27)28)26-19-23(13-5-3-6-14-23)20-11-10-18-29-20/h4,8,10-12,16,18H,2-3,5-7,9,13-15,17,19H2,1H3,(H2,24,25,26).